The lowest BCUT2D eigenvalue weighted by atomic mass is 9.66. The summed E-state index contributed by atoms with van der Waals surface area (Å²) in [5.41, 5.74) is 2.57. The standard InChI is InChI=1S/C14H17F2N/c1-14-6-5-9-10(12(14)7-17-8-14)3-2-4-11(9)13(15)16/h2-4,12-13,17H,5-8H2,1H3/t12-,14-/m0/s1. The Morgan fingerprint density at radius 2 is 2.24 bits per heavy atom. The van der Waals surface area contributed by atoms with Crippen LogP contribution in [-0.4, -0.2) is 13.1 Å². The quantitative estimate of drug-likeness (QED) is 0.790. The predicted octanol–water partition coefficient (Wildman–Crippen LogP) is 3.26. The fraction of sp³-hybridized carbons (Fsp3) is 0.571. The van der Waals surface area contributed by atoms with Gasteiger partial charge in [0.1, 0.15) is 0 Å². The highest BCUT2D eigenvalue weighted by molar-refractivity contribution is 5.42. The molecule has 92 valence electrons. The molecule has 1 aromatic rings. The van der Waals surface area contributed by atoms with E-state index in [0.29, 0.717) is 5.92 Å². The summed E-state index contributed by atoms with van der Waals surface area (Å²) in [6.45, 7) is 4.21. The molecule has 0 bridgehead atoms. The van der Waals surface area contributed by atoms with Crippen LogP contribution in [-0.2, 0) is 6.42 Å². The Balaban J connectivity index is 2.10. The third-order valence-electron chi connectivity index (χ3n) is 4.52. The van der Waals surface area contributed by atoms with Crippen molar-refractivity contribution < 1.29 is 8.78 Å². The van der Waals surface area contributed by atoms with E-state index in [1.54, 1.807) is 12.1 Å². The molecule has 2 atom stereocenters. The maximum atomic E-state index is 13.0. The van der Waals surface area contributed by atoms with E-state index in [1.165, 1.54) is 0 Å². The highest BCUT2D eigenvalue weighted by Gasteiger charge is 2.43. The molecule has 1 aliphatic carbocycles. The van der Waals surface area contributed by atoms with Gasteiger partial charge in [-0.3, -0.25) is 0 Å². The Kier molecular flexibility index (Phi) is 2.47. The molecule has 0 radical (unpaired) electrons. The van der Waals surface area contributed by atoms with E-state index in [1.807, 2.05) is 6.07 Å². The summed E-state index contributed by atoms with van der Waals surface area (Å²) in [4.78, 5) is 0. The summed E-state index contributed by atoms with van der Waals surface area (Å²) in [5.74, 6) is 0.407. The largest absolute Gasteiger partial charge is 0.316 e. The van der Waals surface area contributed by atoms with Crippen molar-refractivity contribution in [2.45, 2.75) is 32.1 Å². The second kappa shape index (κ2) is 3.77. The van der Waals surface area contributed by atoms with E-state index >= 15 is 0 Å². The van der Waals surface area contributed by atoms with E-state index in [2.05, 4.69) is 12.2 Å². The smallest absolute Gasteiger partial charge is 0.264 e. The Labute approximate surface area is 100 Å². The van der Waals surface area contributed by atoms with Gasteiger partial charge in [-0.05, 0) is 29.4 Å². The number of fused-ring (bicyclic) bond motifs is 3. The van der Waals surface area contributed by atoms with E-state index < -0.39 is 6.43 Å². The normalized spacial score (nSPS) is 31.4. The molecule has 0 amide bonds. The molecule has 0 aromatic heterocycles. The molecule has 0 spiro atoms. The van der Waals surface area contributed by atoms with Crippen molar-refractivity contribution >= 4 is 0 Å². The van der Waals surface area contributed by atoms with Gasteiger partial charge in [0, 0.05) is 24.6 Å². The zero-order chi connectivity index (χ0) is 12.0. The number of halogens is 2. The average molecular weight is 237 g/mol. The lowest BCUT2D eigenvalue weighted by Crippen LogP contribution is -2.30. The first kappa shape index (κ1) is 11.1. The number of rotatable bonds is 1. The van der Waals surface area contributed by atoms with Gasteiger partial charge in [-0.25, -0.2) is 8.78 Å². The van der Waals surface area contributed by atoms with Crippen LogP contribution < -0.4 is 5.32 Å². The van der Waals surface area contributed by atoms with Gasteiger partial charge in [0.25, 0.3) is 6.43 Å². The van der Waals surface area contributed by atoms with Crippen molar-refractivity contribution in [2.24, 2.45) is 5.41 Å². The van der Waals surface area contributed by atoms with Gasteiger partial charge in [0.2, 0.25) is 0 Å². The first-order valence-electron chi connectivity index (χ1n) is 6.22. The van der Waals surface area contributed by atoms with Crippen LogP contribution in [0.5, 0.6) is 0 Å². The van der Waals surface area contributed by atoms with E-state index in [4.69, 9.17) is 0 Å². The second-order valence-electron chi connectivity index (χ2n) is 5.55. The zero-order valence-corrected chi connectivity index (χ0v) is 9.97. The zero-order valence-electron chi connectivity index (χ0n) is 9.97. The van der Waals surface area contributed by atoms with Gasteiger partial charge in [-0.15, -0.1) is 0 Å². The SMILES string of the molecule is C[C@@]12CCc3c(C(F)F)cccc3[C@@H]1CNC2. The molecule has 1 heterocycles. The van der Waals surface area contributed by atoms with Gasteiger partial charge < -0.3 is 5.32 Å². The summed E-state index contributed by atoms with van der Waals surface area (Å²) in [6, 6.07) is 5.40. The minimum absolute atomic E-state index is 0.247. The van der Waals surface area contributed by atoms with Crippen LogP contribution in [0.4, 0.5) is 8.78 Å². The Hall–Kier alpha value is -0.960. The van der Waals surface area contributed by atoms with E-state index in [0.717, 1.165) is 37.1 Å². The number of hydrogen-bond acceptors (Lipinski definition) is 1. The summed E-state index contributed by atoms with van der Waals surface area (Å²) < 4.78 is 26.0. The highest BCUT2D eigenvalue weighted by Crippen LogP contribution is 2.48. The molecule has 1 aromatic carbocycles. The number of alkyl halides is 2. The third kappa shape index (κ3) is 1.60. The lowest BCUT2D eigenvalue weighted by molar-refractivity contribution is 0.148. The van der Waals surface area contributed by atoms with Crippen molar-refractivity contribution in [3.05, 3.63) is 34.9 Å². The van der Waals surface area contributed by atoms with Gasteiger partial charge in [-0.1, -0.05) is 25.1 Å². The molecule has 1 fully saturated rings. The first-order chi connectivity index (χ1) is 8.12. The van der Waals surface area contributed by atoms with Crippen LogP contribution in [0.25, 0.3) is 0 Å². The monoisotopic (exact) mass is 237 g/mol. The van der Waals surface area contributed by atoms with Gasteiger partial charge in [0.15, 0.2) is 0 Å². The van der Waals surface area contributed by atoms with Crippen LogP contribution in [0, 0.1) is 5.41 Å². The number of benzene rings is 1. The van der Waals surface area contributed by atoms with Crippen LogP contribution in [0.15, 0.2) is 18.2 Å². The van der Waals surface area contributed by atoms with Crippen molar-refractivity contribution in [3.8, 4) is 0 Å². The molecule has 1 aliphatic heterocycles. The fourth-order valence-corrected chi connectivity index (χ4v) is 3.47. The van der Waals surface area contributed by atoms with Crippen LogP contribution in [0.3, 0.4) is 0 Å². The molecule has 3 heteroatoms. The van der Waals surface area contributed by atoms with Crippen LogP contribution in [0.1, 0.15) is 42.4 Å². The molecular weight excluding hydrogens is 220 g/mol. The maximum absolute atomic E-state index is 13.0. The molecular formula is C14H17F2N. The molecule has 1 N–H and O–H groups in total. The number of nitrogens with one attached hydrogen (secondary N) is 1. The Morgan fingerprint density at radius 3 is 3.00 bits per heavy atom. The summed E-state index contributed by atoms with van der Waals surface area (Å²) in [5, 5.41) is 3.41. The minimum Gasteiger partial charge on any atom is -0.316 e. The third-order valence-corrected chi connectivity index (χ3v) is 4.52. The van der Waals surface area contributed by atoms with Gasteiger partial charge >= 0.3 is 0 Å². The molecule has 0 saturated carbocycles. The lowest BCUT2D eigenvalue weighted by Gasteiger charge is -2.37. The Morgan fingerprint density at radius 1 is 1.41 bits per heavy atom. The summed E-state index contributed by atoms with van der Waals surface area (Å²) in [6.07, 6.45) is -0.532. The average Bonchev–Trinajstić information content (AvgIpc) is 2.70. The van der Waals surface area contributed by atoms with Crippen molar-refractivity contribution in [1.82, 2.24) is 5.32 Å². The number of hydrogen-bond donors (Lipinski definition) is 1. The van der Waals surface area contributed by atoms with Crippen LogP contribution in [0.2, 0.25) is 0 Å². The van der Waals surface area contributed by atoms with Crippen molar-refractivity contribution in [1.29, 1.82) is 0 Å². The predicted molar refractivity (Wildman–Crippen MR) is 63.4 cm³/mol. The fourth-order valence-electron chi connectivity index (χ4n) is 3.47. The summed E-state index contributed by atoms with van der Waals surface area (Å²) >= 11 is 0. The topological polar surface area (TPSA) is 12.0 Å². The summed E-state index contributed by atoms with van der Waals surface area (Å²) in [7, 11) is 0. The van der Waals surface area contributed by atoms with Crippen LogP contribution >= 0.6 is 0 Å². The first-order valence-corrected chi connectivity index (χ1v) is 6.22. The molecule has 0 unspecified atom stereocenters. The molecule has 17 heavy (non-hydrogen) atoms. The maximum Gasteiger partial charge on any atom is 0.264 e. The van der Waals surface area contributed by atoms with Crippen molar-refractivity contribution in [2.75, 3.05) is 13.1 Å². The minimum atomic E-state index is -2.34. The molecule has 2 aliphatic rings. The molecule has 3 rings (SSSR count). The highest BCUT2D eigenvalue weighted by atomic mass is 19.3. The van der Waals surface area contributed by atoms with Gasteiger partial charge in [-0.2, -0.15) is 0 Å². The second-order valence-corrected chi connectivity index (χ2v) is 5.55. The van der Waals surface area contributed by atoms with E-state index in [9.17, 15) is 8.78 Å². The van der Waals surface area contributed by atoms with Gasteiger partial charge in [0.05, 0.1) is 0 Å². The molecule has 1 nitrogen and oxygen atoms in total. The molecule has 1 saturated heterocycles. The van der Waals surface area contributed by atoms with Crippen molar-refractivity contribution in [3.63, 3.8) is 0 Å². The van der Waals surface area contributed by atoms with E-state index in [-0.39, 0.29) is 11.0 Å². The Bertz CT molecular complexity index is 444.